The Morgan fingerprint density at radius 2 is 1.62 bits per heavy atom. The topological polar surface area (TPSA) is 77.9 Å². The standard InChI is InChI=1S/C22H26N2O4S/c1-23(2)29(27,28)21-10-3-17(4-11-21)5-12-22(26)24-15-13-19(14-16-24)18-6-8-20(25)9-7-18/h3-12,19,25H,13-16H2,1-2H3/b12-5+. The van der Waals surface area contributed by atoms with Crippen LogP contribution in [0.25, 0.3) is 6.08 Å². The molecule has 0 bridgehead atoms. The second-order valence-electron chi connectivity index (χ2n) is 7.38. The number of phenols is 1. The fraction of sp³-hybridized carbons (Fsp3) is 0.318. The number of benzene rings is 2. The van der Waals surface area contributed by atoms with E-state index < -0.39 is 10.0 Å². The van der Waals surface area contributed by atoms with E-state index in [-0.39, 0.29) is 16.6 Å². The minimum absolute atomic E-state index is 0.0425. The highest BCUT2D eigenvalue weighted by atomic mass is 32.2. The smallest absolute Gasteiger partial charge is 0.246 e. The Kier molecular flexibility index (Phi) is 6.39. The molecule has 154 valence electrons. The number of aromatic hydroxyl groups is 1. The van der Waals surface area contributed by atoms with Crippen LogP contribution in [-0.4, -0.2) is 55.8 Å². The molecule has 1 aliphatic rings. The first-order chi connectivity index (χ1) is 13.8. The van der Waals surface area contributed by atoms with Crippen molar-refractivity contribution in [3.63, 3.8) is 0 Å². The number of phenolic OH excluding ortho intramolecular Hbond substituents is 1. The van der Waals surface area contributed by atoms with E-state index in [2.05, 4.69) is 0 Å². The molecule has 1 fully saturated rings. The maximum Gasteiger partial charge on any atom is 0.246 e. The number of nitrogens with zero attached hydrogens (tertiary/aromatic N) is 2. The third kappa shape index (κ3) is 5.05. The van der Waals surface area contributed by atoms with Crippen molar-refractivity contribution in [2.24, 2.45) is 0 Å². The summed E-state index contributed by atoms with van der Waals surface area (Å²) in [4.78, 5) is 14.5. The van der Waals surface area contributed by atoms with Crippen LogP contribution in [0.5, 0.6) is 5.75 Å². The Hall–Kier alpha value is -2.64. The third-order valence-corrected chi connectivity index (χ3v) is 7.08. The first-order valence-corrected chi connectivity index (χ1v) is 11.0. The number of rotatable bonds is 5. The molecule has 0 saturated carbocycles. The van der Waals surface area contributed by atoms with E-state index in [0.29, 0.717) is 19.0 Å². The van der Waals surface area contributed by atoms with Crippen LogP contribution < -0.4 is 0 Å². The lowest BCUT2D eigenvalue weighted by Gasteiger charge is -2.31. The average Bonchev–Trinajstić information content (AvgIpc) is 2.73. The molecule has 3 rings (SSSR count). The molecule has 0 aliphatic carbocycles. The van der Waals surface area contributed by atoms with Crippen LogP contribution in [0.2, 0.25) is 0 Å². The van der Waals surface area contributed by atoms with Crippen LogP contribution in [0.4, 0.5) is 0 Å². The first-order valence-electron chi connectivity index (χ1n) is 9.56. The van der Waals surface area contributed by atoms with E-state index in [0.717, 1.165) is 18.4 Å². The molecule has 0 atom stereocenters. The monoisotopic (exact) mass is 414 g/mol. The maximum atomic E-state index is 12.5. The largest absolute Gasteiger partial charge is 0.508 e. The van der Waals surface area contributed by atoms with Crippen molar-refractivity contribution in [3.05, 3.63) is 65.7 Å². The molecule has 6 nitrogen and oxygen atoms in total. The fourth-order valence-corrected chi connectivity index (χ4v) is 4.32. The van der Waals surface area contributed by atoms with Gasteiger partial charge in [-0.25, -0.2) is 12.7 Å². The van der Waals surface area contributed by atoms with Gasteiger partial charge in [0.25, 0.3) is 0 Å². The van der Waals surface area contributed by atoms with Gasteiger partial charge in [0.05, 0.1) is 4.90 Å². The van der Waals surface area contributed by atoms with E-state index in [1.165, 1.54) is 30.0 Å². The minimum Gasteiger partial charge on any atom is -0.508 e. The zero-order valence-electron chi connectivity index (χ0n) is 16.7. The van der Waals surface area contributed by atoms with Gasteiger partial charge in [-0.15, -0.1) is 0 Å². The van der Waals surface area contributed by atoms with E-state index in [1.54, 1.807) is 42.5 Å². The lowest BCUT2D eigenvalue weighted by Crippen LogP contribution is -2.36. The molecule has 1 N–H and O–H groups in total. The van der Waals surface area contributed by atoms with Gasteiger partial charge in [-0.1, -0.05) is 24.3 Å². The van der Waals surface area contributed by atoms with Gasteiger partial charge < -0.3 is 10.0 Å². The molecule has 0 unspecified atom stereocenters. The molecule has 2 aromatic rings. The normalized spacial score (nSPS) is 15.9. The van der Waals surface area contributed by atoms with Gasteiger partial charge in [-0.2, -0.15) is 0 Å². The van der Waals surface area contributed by atoms with Gasteiger partial charge in [0.1, 0.15) is 5.75 Å². The summed E-state index contributed by atoms with van der Waals surface area (Å²) in [7, 11) is -0.467. The second kappa shape index (κ2) is 8.80. The summed E-state index contributed by atoms with van der Waals surface area (Å²) in [5.41, 5.74) is 1.97. The molecule has 1 amide bonds. The summed E-state index contributed by atoms with van der Waals surface area (Å²) < 4.78 is 25.4. The molecule has 29 heavy (non-hydrogen) atoms. The van der Waals surface area contributed by atoms with E-state index in [9.17, 15) is 18.3 Å². The van der Waals surface area contributed by atoms with Gasteiger partial charge in [0, 0.05) is 33.3 Å². The molecule has 2 aromatic carbocycles. The molecular weight excluding hydrogens is 388 g/mol. The van der Waals surface area contributed by atoms with Crippen LogP contribution in [0.3, 0.4) is 0 Å². The number of hydrogen-bond donors (Lipinski definition) is 1. The summed E-state index contributed by atoms with van der Waals surface area (Å²) in [6, 6.07) is 13.8. The number of sulfonamides is 1. The van der Waals surface area contributed by atoms with Gasteiger partial charge in [0.2, 0.25) is 15.9 Å². The van der Waals surface area contributed by atoms with Crippen molar-refractivity contribution in [1.29, 1.82) is 0 Å². The Morgan fingerprint density at radius 1 is 1.03 bits per heavy atom. The van der Waals surface area contributed by atoms with Crippen LogP contribution in [0.1, 0.15) is 29.9 Å². The predicted octanol–water partition coefficient (Wildman–Crippen LogP) is 3.06. The van der Waals surface area contributed by atoms with Crippen molar-refractivity contribution in [3.8, 4) is 5.75 Å². The average molecular weight is 415 g/mol. The van der Waals surface area contributed by atoms with Gasteiger partial charge in [-0.05, 0) is 60.2 Å². The SMILES string of the molecule is CN(C)S(=O)(=O)c1ccc(/C=C/C(=O)N2CCC(c3ccc(O)cc3)CC2)cc1. The summed E-state index contributed by atoms with van der Waals surface area (Å²) >= 11 is 0. The maximum absolute atomic E-state index is 12.5. The number of carbonyl (C=O) groups excluding carboxylic acids is 1. The Balaban J connectivity index is 1.57. The minimum atomic E-state index is -3.45. The number of hydrogen-bond acceptors (Lipinski definition) is 4. The number of piperidine rings is 1. The van der Waals surface area contributed by atoms with Crippen molar-refractivity contribution in [1.82, 2.24) is 9.21 Å². The van der Waals surface area contributed by atoms with Crippen LogP contribution in [0, 0.1) is 0 Å². The number of amides is 1. The quantitative estimate of drug-likeness (QED) is 0.763. The highest BCUT2D eigenvalue weighted by molar-refractivity contribution is 7.89. The van der Waals surface area contributed by atoms with Crippen LogP contribution >= 0.6 is 0 Å². The van der Waals surface area contributed by atoms with Crippen LogP contribution in [0.15, 0.2) is 59.5 Å². The Morgan fingerprint density at radius 3 is 2.17 bits per heavy atom. The molecule has 7 heteroatoms. The highest BCUT2D eigenvalue weighted by Gasteiger charge is 2.22. The summed E-state index contributed by atoms with van der Waals surface area (Å²) in [6.45, 7) is 1.38. The number of carbonyl (C=O) groups is 1. The number of likely N-dealkylation sites (tertiary alicyclic amines) is 1. The van der Waals surface area contributed by atoms with E-state index >= 15 is 0 Å². The van der Waals surface area contributed by atoms with E-state index in [4.69, 9.17) is 0 Å². The molecular formula is C22H26N2O4S. The molecule has 0 spiro atoms. The Labute approximate surface area is 172 Å². The summed E-state index contributed by atoms with van der Waals surface area (Å²) in [5.74, 6) is 0.618. The summed E-state index contributed by atoms with van der Waals surface area (Å²) in [5, 5.41) is 9.41. The second-order valence-corrected chi connectivity index (χ2v) is 9.53. The van der Waals surface area contributed by atoms with Crippen LogP contribution in [-0.2, 0) is 14.8 Å². The van der Waals surface area contributed by atoms with Gasteiger partial charge in [-0.3, -0.25) is 4.79 Å². The first kappa shape index (κ1) is 21.1. The lowest BCUT2D eigenvalue weighted by molar-refractivity contribution is -0.126. The molecule has 1 aliphatic heterocycles. The zero-order chi connectivity index (χ0) is 21.0. The van der Waals surface area contributed by atoms with Crippen molar-refractivity contribution in [2.75, 3.05) is 27.2 Å². The summed E-state index contributed by atoms with van der Waals surface area (Å²) in [6.07, 6.45) is 5.03. The molecule has 0 radical (unpaired) electrons. The highest BCUT2D eigenvalue weighted by Crippen LogP contribution is 2.29. The van der Waals surface area contributed by atoms with Crippen molar-refractivity contribution < 1.29 is 18.3 Å². The van der Waals surface area contributed by atoms with Crippen molar-refractivity contribution >= 4 is 22.0 Å². The molecule has 1 heterocycles. The predicted molar refractivity (Wildman–Crippen MR) is 113 cm³/mol. The Bertz CT molecular complexity index is 972. The molecule has 1 saturated heterocycles. The van der Waals surface area contributed by atoms with Gasteiger partial charge in [0.15, 0.2) is 0 Å². The lowest BCUT2D eigenvalue weighted by atomic mass is 9.89. The van der Waals surface area contributed by atoms with E-state index in [1.807, 2.05) is 17.0 Å². The van der Waals surface area contributed by atoms with Crippen molar-refractivity contribution in [2.45, 2.75) is 23.7 Å². The van der Waals surface area contributed by atoms with Gasteiger partial charge >= 0.3 is 0 Å². The fourth-order valence-electron chi connectivity index (χ4n) is 3.41. The molecule has 0 aromatic heterocycles. The zero-order valence-corrected chi connectivity index (χ0v) is 17.5. The third-order valence-electron chi connectivity index (χ3n) is 5.25.